The smallest absolute Gasteiger partial charge is 0.247 e. The highest BCUT2D eigenvalue weighted by Gasteiger charge is 2.10. The standard InChI is InChI=1S/C10H18N4O2S2/c1-3-7(2)14-10(11)13-6-8-4-5-9(17-8)18(12,15)16/h4-5,7H,3,6H2,1-2H3,(H3,11,13,14)(H2,12,15,16). The van der Waals surface area contributed by atoms with Crippen molar-refractivity contribution >= 4 is 27.3 Å². The third-order valence-electron chi connectivity index (χ3n) is 2.33. The van der Waals surface area contributed by atoms with Crippen molar-refractivity contribution in [1.29, 1.82) is 0 Å². The summed E-state index contributed by atoms with van der Waals surface area (Å²) >= 11 is 1.10. The van der Waals surface area contributed by atoms with Crippen LogP contribution in [0.1, 0.15) is 25.1 Å². The highest BCUT2D eigenvalue weighted by atomic mass is 32.2. The zero-order chi connectivity index (χ0) is 13.8. The minimum absolute atomic E-state index is 0.140. The molecular weight excluding hydrogens is 272 g/mol. The van der Waals surface area contributed by atoms with E-state index < -0.39 is 10.0 Å². The van der Waals surface area contributed by atoms with E-state index in [4.69, 9.17) is 10.9 Å². The van der Waals surface area contributed by atoms with Gasteiger partial charge in [-0.05, 0) is 25.5 Å². The average molecular weight is 290 g/mol. The molecule has 1 rings (SSSR count). The van der Waals surface area contributed by atoms with E-state index >= 15 is 0 Å². The van der Waals surface area contributed by atoms with Gasteiger partial charge >= 0.3 is 0 Å². The third-order valence-corrected chi connectivity index (χ3v) is 4.84. The summed E-state index contributed by atoms with van der Waals surface area (Å²) in [5, 5.41) is 8.05. The molecule has 0 saturated heterocycles. The van der Waals surface area contributed by atoms with Gasteiger partial charge in [-0.15, -0.1) is 11.3 Å². The van der Waals surface area contributed by atoms with Crippen LogP contribution in [-0.2, 0) is 16.6 Å². The summed E-state index contributed by atoms with van der Waals surface area (Å²) in [5.41, 5.74) is 5.69. The molecule has 0 aromatic carbocycles. The topological polar surface area (TPSA) is 111 Å². The summed E-state index contributed by atoms with van der Waals surface area (Å²) < 4.78 is 22.3. The van der Waals surface area contributed by atoms with Crippen molar-refractivity contribution in [2.45, 2.75) is 37.1 Å². The molecule has 0 spiro atoms. The summed E-state index contributed by atoms with van der Waals surface area (Å²) in [4.78, 5) is 4.93. The first-order valence-corrected chi connectivity index (χ1v) is 7.87. The molecule has 0 aliphatic rings. The fourth-order valence-electron chi connectivity index (χ4n) is 1.16. The molecule has 0 saturated carbocycles. The monoisotopic (exact) mass is 290 g/mol. The first-order valence-electron chi connectivity index (χ1n) is 5.51. The molecule has 18 heavy (non-hydrogen) atoms. The maximum atomic E-state index is 11.1. The van der Waals surface area contributed by atoms with Crippen molar-refractivity contribution in [2.24, 2.45) is 15.9 Å². The van der Waals surface area contributed by atoms with E-state index in [9.17, 15) is 8.42 Å². The van der Waals surface area contributed by atoms with E-state index in [0.29, 0.717) is 12.5 Å². The van der Waals surface area contributed by atoms with Gasteiger partial charge in [-0.1, -0.05) is 6.92 Å². The molecule has 1 unspecified atom stereocenters. The minimum Gasteiger partial charge on any atom is -0.370 e. The summed E-state index contributed by atoms with van der Waals surface area (Å²) in [6.45, 7) is 4.39. The molecule has 1 heterocycles. The first kappa shape index (κ1) is 14.9. The number of nitrogens with two attached hydrogens (primary N) is 2. The minimum atomic E-state index is -3.62. The highest BCUT2D eigenvalue weighted by Crippen LogP contribution is 2.20. The average Bonchev–Trinajstić information content (AvgIpc) is 2.74. The van der Waals surface area contributed by atoms with Gasteiger partial charge in [0.15, 0.2) is 5.96 Å². The second-order valence-electron chi connectivity index (χ2n) is 3.92. The van der Waals surface area contributed by atoms with Gasteiger partial charge in [0.25, 0.3) is 0 Å². The molecule has 0 fully saturated rings. The lowest BCUT2D eigenvalue weighted by molar-refractivity contribution is 0.600. The summed E-state index contributed by atoms with van der Waals surface area (Å²) in [6, 6.07) is 3.42. The van der Waals surface area contributed by atoms with Crippen molar-refractivity contribution in [3.05, 3.63) is 17.0 Å². The van der Waals surface area contributed by atoms with Crippen molar-refractivity contribution in [3.8, 4) is 0 Å². The van der Waals surface area contributed by atoms with Crippen molar-refractivity contribution in [1.82, 2.24) is 5.32 Å². The third kappa shape index (κ3) is 4.63. The number of nitrogens with one attached hydrogen (secondary N) is 1. The van der Waals surface area contributed by atoms with Crippen LogP contribution in [0.2, 0.25) is 0 Å². The zero-order valence-electron chi connectivity index (χ0n) is 10.4. The lowest BCUT2D eigenvalue weighted by Crippen LogP contribution is -2.37. The van der Waals surface area contributed by atoms with Crippen molar-refractivity contribution in [3.63, 3.8) is 0 Å². The van der Waals surface area contributed by atoms with Crippen LogP contribution in [0, 0.1) is 0 Å². The maximum Gasteiger partial charge on any atom is 0.247 e. The number of thiophene rings is 1. The number of nitrogens with zero attached hydrogens (tertiary/aromatic N) is 1. The Bertz CT molecular complexity index is 522. The van der Waals surface area contributed by atoms with Gasteiger partial charge in [0.2, 0.25) is 10.0 Å². The van der Waals surface area contributed by atoms with E-state index in [-0.39, 0.29) is 10.3 Å². The fourth-order valence-corrected chi connectivity index (χ4v) is 2.86. The molecule has 5 N–H and O–H groups in total. The van der Waals surface area contributed by atoms with Gasteiger partial charge in [-0.3, -0.25) is 0 Å². The van der Waals surface area contributed by atoms with Crippen LogP contribution in [-0.4, -0.2) is 20.4 Å². The van der Waals surface area contributed by atoms with Gasteiger partial charge in [0.05, 0.1) is 6.54 Å². The largest absolute Gasteiger partial charge is 0.370 e. The van der Waals surface area contributed by atoms with E-state index in [1.165, 1.54) is 6.07 Å². The summed E-state index contributed by atoms with van der Waals surface area (Å²) in [5.74, 6) is 0.356. The highest BCUT2D eigenvalue weighted by molar-refractivity contribution is 7.91. The molecule has 0 bridgehead atoms. The fraction of sp³-hybridized carbons (Fsp3) is 0.500. The van der Waals surface area contributed by atoms with Crippen LogP contribution in [0.15, 0.2) is 21.3 Å². The Morgan fingerprint density at radius 1 is 1.56 bits per heavy atom. The number of sulfonamides is 1. The van der Waals surface area contributed by atoms with Gasteiger partial charge < -0.3 is 11.1 Å². The quantitative estimate of drug-likeness (QED) is 0.544. The first-order chi connectivity index (χ1) is 8.32. The molecular formula is C10H18N4O2S2. The molecule has 0 aliphatic carbocycles. The van der Waals surface area contributed by atoms with E-state index in [0.717, 1.165) is 22.6 Å². The van der Waals surface area contributed by atoms with Crippen molar-refractivity contribution < 1.29 is 8.42 Å². The lowest BCUT2D eigenvalue weighted by atomic mass is 10.3. The molecule has 6 nitrogen and oxygen atoms in total. The molecule has 0 amide bonds. The van der Waals surface area contributed by atoms with Crippen LogP contribution >= 0.6 is 11.3 Å². The number of primary sulfonamides is 1. The van der Waals surface area contributed by atoms with Crippen LogP contribution in [0.25, 0.3) is 0 Å². The number of rotatable bonds is 5. The molecule has 1 aromatic rings. The number of hydrogen-bond acceptors (Lipinski definition) is 4. The Hall–Kier alpha value is -1.12. The Balaban J connectivity index is 2.64. The summed E-state index contributed by atoms with van der Waals surface area (Å²) in [7, 11) is -3.62. The number of guanidine groups is 1. The molecule has 0 aliphatic heterocycles. The maximum absolute atomic E-state index is 11.1. The molecule has 0 radical (unpaired) electrons. The molecule has 8 heteroatoms. The normalized spacial score (nSPS) is 14.5. The van der Waals surface area contributed by atoms with Crippen LogP contribution in [0.3, 0.4) is 0 Å². The van der Waals surface area contributed by atoms with Crippen LogP contribution in [0.4, 0.5) is 0 Å². The second-order valence-corrected chi connectivity index (χ2v) is 6.88. The predicted molar refractivity (Wildman–Crippen MR) is 73.9 cm³/mol. The summed E-state index contributed by atoms with van der Waals surface area (Å²) in [6.07, 6.45) is 0.949. The van der Waals surface area contributed by atoms with E-state index in [1.54, 1.807) is 6.07 Å². The lowest BCUT2D eigenvalue weighted by Gasteiger charge is -2.11. The Kier molecular flexibility index (Phi) is 5.12. The number of aliphatic imine (C=N–C) groups is 1. The van der Waals surface area contributed by atoms with Gasteiger partial charge in [-0.25, -0.2) is 18.5 Å². The van der Waals surface area contributed by atoms with Crippen LogP contribution < -0.4 is 16.2 Å². The van der Waals surface area contributed by atoms with Crippen molar-refractivity contribution in [2.75, 3.05) is 0 Å². The van der Waals surface area contributed by atoms with Gasteiger partial charge in [-0.2, -0.15) is 0 Å². The Morgan fingerprint density at radius 2 is 2.22 bits per heavy atom. The zero-order valence-corrected chi connectivity index (χ0v) is 12.0. The van der Waals surface area contributed by atoms with Crippen LogP contribution in [0.5, 0.6) is 0 Å². The predicted octanol–water partition coefficient (Wildman–Crippen LogP) is 0.598. The molecule has 102 valence electrons. The van der Waals surface area contributed by atoms with Gasteiger partial charge in [0.1, 0.15) is 4.21 Å². The molecule has 1 atom stereocenters. The Labute approximate surface area is 111 Å². The SMILES string of the molecule is CCC(C)NC(N)=NCc1ccc(S(N)(=O)=O)s1. The Morgan fingerprint density at radius 3 is 2.72 bits per heavy atom. The van der Waals surface area contributed by atoms with E-state index in [2.05, 4.69) is 10.3 Å². The number of hydrogen-bond donors (Lipinski definition) is 3. The van der Waals surface area contributed by atoms with E-state index in [1.807, 2.05) is 13.8 Å². The molecule has 1 aromatic heterocycles. The van der Waals surface area contributed by atoms with Gasteiger partial charge in [0, 0.05) is 10.9 Å². The second kappa shape index (κ2) is 6.17.